The molecule has 6 heteroatoms. The summed E-state index contributed by atoms with van der Waals surface area (Å²) in [6, 6.07) is -0.928. The van der Waals surface area contributed by atoms with E-state index in [-0.39, 0.29) is 5.92 Å². The summed E-state index contributed by atoms with van der Waals surface area (Å²) in [5.41, 5.74) is 0. The molecule has 82 valence electrons. The van der Waals surface area contributed by atoms with Crippen molar-refractivity contribution in [3.05, 3.63) is 0 Å². The number of nitrogens with one attached hydrogen (secondary N) is 1. The van der Waals surface area contributed by atoms with E-state index >= 15 is 0 Å². The first kappa shape index (κ1) is 13.5. The Hall–Kier alpha value is -0.480. The molecule has 2 N–H and O–H groups in total. The average Bonchev–Trinajstić information content (AvgIpc) is 2.01. The van der Waals surface area contributed by atoms with Gasteiger partial charge in [0.15, 0.2) is 4.84 Å². The molecule has 0 radical (unpaired) electrons. The highest BCUT2D eigenvalue weighted by Gasteiger charge is 2.23. The van der Waals surface area contributed by atoms with Crippen LogP contribution in [0.5, 0.6) is 0 Å². The maximum atomic E-state index is 11.0. The van der Waals surface area contributed by atoms with Crippen molar-refractivity contribution in [2.24, 2.45) is 5.92 Å². The van der Waals surface area contributed by atoms with Crippen molar-refractivity contribution in [3.63, 3.8) is 0 Å². The lowest BCUT2D eigenvalue weighted by molar-refractivity contribution is -0.142. The van der Waals surface area contributed by atoms with Crippen LogP contribution in [0.1, 0.15) is 20.3 Å². The average molecular weight is 242 g/mol. The van der Waals surface area contributed by atoms with Crippen molar-refractivity contribution >= 4 is 35.1 Å². The van der Waals surface area contributed by atoms with Gasteiger partial charge in [-0.25, -0.2) is 4.79 Å². The third kappa shape index (κ3) is 5.29. The van der Waals surface area contributed by atoms with E-state index in [9.17, 15) is 9.59 Å². The molecule has 0 aromatic heterocycles. The van der Waals surface area contributed by atoms with Crippen molar-refractivity contribution in [2.45, 2.75) is 31.1 Å². The third-order valence-corrected chi connectivity index (χ3v) is 1.92. The Labute approximate surface area is 92.6 Å². The topological polar surface area (TPSA) is 66.4 Å². The van der Waals surface area contributed by atoms with Gasteiger partial charge in [-0.15, -0.1) is 0 Å². The number of rotatable bonds is 5. The molecular weight excluding hydrogens is 229 g/mol. The van der Waals surface area contributed by atoms with Gasteiger partial charge in [0.25, 0.3) is 5.91 Å². The van der Waals surface area contributed by atoms with Gasteiger partial charge in [0.2, 0.25) is 0 Å². The zero-order valence-electron chi connectivity index (χ0n) is 7.96. The summed E-state index contributed by atoms with van der Waals surface area (Å²) in [5, 5.41) is 11.0. The van der Waals surface area contributed by atoms with E-state index < -0.39 is 22.8 Å². The van der Waals surface area contributed by atoms with Gasteiger partial charge in [-0.1, -0.05) is 37.0 Å². The summed E-state index contributed by atoms with van der Waals surface area (Å²) in [6.07, 6.45) is 0.349. The highest BCUT2D eigenvalue weighted by Crippen LogP contribution is 2.07. The van der Waals surface area contributed by atoms with E-state index in [0.717, 1.165) is 0 Å². The van der Waals surface area contributed by atoms with Crippen LogP contribution in [0.2, 0.25) is 0 Å². The first-order chi connectivity index (χ1) is 6.34. The van der Waals surface area contributed by atoms with Gasteiger partial charge in [-0.05, 0) is 12.3 Å². The van der Waals surface area contributed by atoms with Crippen LogP contribution < -0.4 is 5.32 Å². The van der Waals surface area contributed by atoms with Gasteiger partial charge in [0.05, 0.1) is 0 Å². The maximum Gasteiger partial charge on any atom is 0.326 e. The molecule has 0 aliphatic carbocycles. The summed E-state index contributed by atoms with van der Waals surface area (Å²) >= 11 is 10.5. The predicted octanol–water partition coefficient (Wildman–Crippen LogP) is 1.41. The zero-order valence-corrected chi connectivity index (χ0v) is 9.47. The van der Waals surface area contributed by atoms with E-state index in [1.165, 1.54) is 0 Å². The number of carboxylic acids is 1. The number of halogens is 2. The second-order valence-corrected chi connectivity index (χ2v) is 4.43. The Balaban J connectivity index is 4.23. The number of alkyl halides is 2. The van der Waals surface area contributed by atoms with E-state index in [4.69, 9.17) is 28.3 Å². The molecule has 0 rings (SSSR count). The molecule has 0 aliphatic heterocycles. The molecule has 0 unspecified atom stereocenters. The fourth-order valence-electron chi connectivity index (χ4n) is 0.928. The van der Waals surface area contributed by atoms with Crippen LogP contribution in [-0.4, -0.2) is 27.9 Å². The van der Waals surface area contributed by atoms with Crippen molar-refractivity contribution in [2.75, 3.05) is 0 Å². The van der Waals surface area contributed by atoms with Crippen LogP contribution >= 0.6 is 23.2 Å². The van der Waals surface area contributed by atoms with Crippen LogP contribution in [0.25, 0.3) is 0 Å². The lowest BCUT2D eigenvalue weighted by atomic mass is 10.0. The second-order valence-electron chi connectivity index (χ2n) is 3.33. The molecule has 0 saturated heterocycles. The Bertz CT molecular complexity index is 219. The van der Waals surface area contributed by atoms with E-state index in [1.54, 1.807) is 0 Å². The molecule has 4 nitrogen and oxygen atoms in total. The fourth-order valence-corrected chi connectivity index (χ4v) is 1.05. The lowest BCUT2D eigenvalue weighted by Gasteiger charge is -2.16. The van der Waals surface area contributed by atoms with Crippen LogP contribution in [0.3, 0.4) is 0 Å². The molecule has 0 aliphatic rings. The largest absolute Gasteiger partial charge is 0.480 e. The van der Waals surface area contributed by atoms with Crippen LogP contribution in [0.4, 0.5) is 0 Å². The standard InChI is InChI=1S/C8H13Cl2NO3/c1-4(2)3-5(8(13)14)11-7(12)6(9)10/h4-6H,3H2,1-2H3,(H,11,12)(H,13,14)/t5-/m1/s1. The molecule has 1 atom stereocenters. The summed E-state index contributed by atoms with van der Waals surface area (Å²) in [5.74, 6) is -1.59. The molecule has 0 saturated carbocycles. The minimum absolute atomic E-state index is 0.167. The Morgan fingerprint density at radius 1 is 1.36 bits per heavy atom. The molecule has 0 aromatic rings. The lowest BCUT2D eigenvalue weighted by Crippen LogP contribution is -2.43. The predicted molar refractivity (Wildman–Crippen MR) is 54.5 cm³/mol. The Morgan fingerprint density at radius 3 is 2.14 bits per heavy atom. The van der Waals surface area contributed by atoms with Crippen molar-refractivity contribution in [3.8, 4) is 0 Å². The second kappa shape index (κ2) is 6.09. The van der Waals surface area contributed by atoms with Crippen LogP contribution in [0, 0.1) is 5.92 Å². The smallest absolute Gasteiger partial charge is 0.326 e. The number of carbonyl (C=O) groups is 2. The molecule has 0 fully saturated rings. The van der Waals surface area contributed by atoms with Gasteiger partial charge in [-0.2, -0.15) is 0 Å². The quantitative estimate of drug-likeness (QED) is 0.716. The van der Waals surface area contributed by atoms with Crippen molar-refractivity contribution in [1.29, 1.82) is 0 Å². The summed E-state index contributed by atoms with van der Waals surface area (Å²) in [4.78, 5) is 20.5. The van der Waals surface area contributed by atoms with E-state index in [2.05, 4.69) is 5.32 Å². The Kier molecular flexibility index (Phi) is 5.88. The Morgan fingerprint density at radius 2 is 1.86 bits per heavy atom. The molecule has 0 bridgehead atoms. The van der Waals surface area contributed by atoms with Crippen LogP contribution in [0.15, 0.2) is 0 Å². The molecular formula is C8H13Cl2NO3. The van der Waals surface area contributed by atoms with Crippen molar-refractivity contribution in [1.82, 2.24) is 5.32 Å². The van der Waals surface area contributed by atoms with Gasteiger partial charge < -0.3 is 10.4 Å². The normalized spacial score (nSPS) is 13.0. The summed E-state index contributed by atoms with van der Waals surface area (Å²) < 4.78 is 0. The molecule has 1 amide bonds. The molecule has 14 heavy (non-hydrogen) atoms. The highest BCUT2D eigenvalue weighted by atomic mass is 35.5. The van der Waals surface area contributed by atoms with Gasteiger partial charge in [-0.3, -0.25) is 4.79 Å². The first-order valence-corrected chi connectivity index (χ1v) is 5.03. The van der Waals surface area contributed by atoms with Gasteiger partial charge in [0.1, 0.15) is 6.04 Å². The molecule has 0 aromatic carbocycles. The highest BCUT2D eigenvalue weighted by molar-refractivity contribution is 6.53. The minimum atomic E-state index is -1.23. The van der Waals surface area contributed by atoms with Crippen LogP contribution in [-0.2, 0) is 9.59 Å². The number of hydrogen-bond acceptors (Lipinski definition) is 2. The number of amides is 1. The molecule has 0 heterocycles. The number of carbonyl (C=O) groups excluding carboxylic acids is 1. The first-order valence-electron chi connectivity index (χ1n) is 4.16. The SMILES string of the molecule is CC(C)C[C@@H](NC(=O)C(Cl)Cl)C(=O)O. The molecule has 0 spiro atoms. The summed E-state index contributed by atoms with van der Waals surface area (Å²) in [6.45, 7) is 3.72. The fraction of sp³-hybridized carbons (Fsp3) is 0.750. The monoisotopic (exact) mass is 241 g/mol. The van der Waals surface area contributed by atoms with E-state index in [1.807, 2.05) is 13.8 Å². The number of carboxylic acid groups (broad SMARTS) is 1. The zero-order chi connectivity index (χ0) is 11.3. The van der Waals surface area contributed by atoms with Gasteiger partial charge in [0, 0.05) is 0 Å². The maximum absolute atomic E-state index is 11.0. The van der Waals surface area contributed by atoms with Crippen molar-refractivity contribution < 1.29 is 14.7 Å². The van der Waals surface area contributed by atoms with Gasteiger partial charge >= 0.3 is 5.97 Å². The minimum Gasteiger partial charge on any atom is -0.480 e. The number of hydrogen-bond donors (Lipinski definition) is 2. The van der Waals surface area contributed by atoms with E-state index in [0.29, 0.717) is 6.42 Å². The third-order valence-electron chi connectivity index (χ3n) is 1.52. The summed E-state index contributed by atoms with van der Waals surface area (Å²) in [7, 11) is 0. The number of aliphatic carboxylic acids is 1.